The second kappa shape index (κ2) is 8.87. The molecule has 4 aliphatic rings. The Bertz CT molecular complexity index is 1050. The van der Waals surface area contributed by atoms with E-state index in [0.717, 1.165) is 62.5 Å². The third-order valence-corrected chi connectivity index (χ3v) is 8.97. The largest absolute Gasteiger partial charge is 0.370 e. The molecule has 1 saturated carbocycles. The second-order valence-electron chi connectivity index (χ2n) is 10.6. The number of nitrogens with one attached hydrogen (secondary N) is 3. The first-order chi connectivity index (χ1) is 16.4. The first-order valence-corrected chi connectivity index (χ1v) is 13.1. The van der Waals surface area contributed by atoms with Crippen molar-refractivity contribution in [1.29, 1.82) is 0 Å². The number of hydrogen-bond donors (Lipinski definition) is 3. The zero-order valence-electron chi connectivity index (χ0n) is 19.7. The first-order valence-electron chi connectivity index (χ1n) is 12.3. The van der Waals surface area contributed by atoms with Crippen molar-refractivity contribution in [3.05, 3.63) is 51.4 Å². The summed E-state index contributed by atoms with van der Waals surface area (Å²) >= 11 is 12.9. The number of nitrogens with zero attached hydrogens (tertiary/aromatic N) is 3. The maximum absolute atomic E-state index is 6.52. The summed E-state index contributed by atoms with van der Waals surface area (Å²) in [6.45, 7) is 8.44. The molecule has 5 heterocycles. The number of anilines is 1. The van der Waals surface area contributed by atoms with Gasteiger partial charge < -0.3 is 15.0 Å². The van der Waals surface area contributed by atoms with E-state index in [-0.39, 0.29) is 18.2 Å². The predicted molar refractivity (Wildman–Crippen MR) is 134 cm³/mol. The lowest BCUT2D eigenvalue weighted by Crippen LogP contribution is -2.71. The minimum absolute atomic E-state index is 0.154. The minimum Gasteiger partial charge on any atom is -0.370 e. The molecule has 5 atom stereocenters. The lowest BCUT2D eigenvalue weighted by Gasteiger charge is -2.56. The monoisotopic (exact) mass is 502 g/mol. The highest BCUT2D eigenvalue weighted by Crippen LogP contribution is 2.42. The van der Waals surface area contributed by atoms with Gasteiger partial charge in [-0.25, -0.2) is 10.4 Å². The molecule has 1 aliphatic carbocycles. The standard InChI is InChI=1S/C25H32Cl2N6O/c1-14-23(27)22(19(26)9-29-14)15(2)34-17-4-5-20-18(7-17)24(32-31-20)16-3-6-21(30-8-16)33-12-25(13-33)10-28-11-25/h3,6,8-9,15,17-18,20,24,28,31-32H,4-5,7,10-13H2,1-2H3/t15-,17?,18?,20?,24?/m1/s1. The zero-order valence-corrected chi connectivity index (χ0v) is 21.2. The van der Waals surface area contributed by atoms with Gasteiger partial charge in [-0.2, -0.15) is 0 Å². The summed E-state index contributed by atoms with van der Waals surface area (Å²) in [5, 5.41) is 4.55. The Morgan fingerprint density at radius 2 is 1.94 bits per heavy atom. The summed E-state index contributed by atoms with van der Waals surface area (Å²) in [7, 11) is 0. The van der Waals surface area contributed by atoms with Gasteiger partial charge in [0, 0.05) is 55.6 Å². The molecule has 9 heteroatoms. The van der Waals surface area contributed by atoms with Crippen LogP contribution in [0.5, 0.6) is 0 Å². The highest BCUT2D eigenvalue weighted by atomic mass is 35.5. The molecule has 34 heavy (non-hydrogen) atoms. The third kappa shape index (κ3) is 4.00. The van der Waals surface area contributed by atoms with Crippen LogP contribution in [0.2, 0.25) is 10.0 Å². The molecule has 3 saturated heterocycles. The van der Waals surface area contributed by atoms with Gasteiger partial charge >= 0.3 is 0 Å². The number of rotatable bonds is 5. The number of hydrazine groups is 1. The maximum Gasteiger partial charge on any atom is 0.128 e. The van der Waals surface area contributed by atoms with Gasteiger partial charge in [-0.1, -0.05) is 29.3 Å². The molecule has 7 nitrogen and oxygen atoms in total. The lowest BCUT2D eigenvalue weighted by atomic mass is 9.74. The molecule has 6 rings (SSSR count). The fourth-order valence-corrected chi connectivity index (χ4v) is 6.83. The number of hydrogen-bond acceptors (Lipinski definition) is 7. The van der Waals surface area contributed by atoms with E-state index in [0.29, 0.717) is 27.4 Å². The first kappa shape index (κ1) is 23.0. The topological polar surface area (TPSA) is 74.3 Å². The highest BCUT2D eigenvalue weighted by Gasteiger charge is 2.48. The molecule has 2 aromatic rings. The summed E-state index contributed by atoms with van der Waals surface area (Å²) in [5.74, 6) is 1.53. The normalized spacial score (nSPS) is 30.5. The SMILES string of the molecule is Cc1ncc(Cl)c([C@@H](C)OC2CCC3NNC(c4ccc(N5CC6(CNC6)C5)nc4)C3C2)c1Cl. The fourth-order valence-electron chi connectivity index (χ4n) is 6.18. The maximum atomic E-state index is 6.52. The Morgan fingerprint density at radius 3 is 2.65 bits per heavy atom. The Morgan fingerprint density at radius 1 is 1.12 bits per heavy atom. The fraction of sp³-hybridized carbons (Fsp3) is 0.600. The van der Waals surface area contributed by atoms with E-state index in [2.05, 4.69) is 38.2 Å². The van der Waals surface area contributed by atoms with Gasteiger partial charge in [0.1, 0.15) is 5.82 Å². The Balaban J connectivity index is 1.11. The summed E-state index contributed by atoms with van der Waals surface area (Å²) < 4.78 is 6.52. The molecule has 0 bridgehead atoms. The minimum atomic E-state index is -0.185. The quantitative estimate of drug-likeness (QED) is 0.571. The van der Waals surface area contributed by atoms with Crippen LogP contribution in [0.1, 0.15) is 55.2 Å². The average Bonchev–Trinajstić information content (AvgIpc) is 3.18. The molecule has 4 unspecified atom stereocenters. The smallest absolute Gasteiger partial charge is 0.128 e. The van der Waals surface area contributed by atoms with Crippen LogP contribution in [-0.2, 0) is 4.74 Å². The van der Waals surface area contributed by atoms with Crippen molar-refractivity contribution in [2.24, 2.45) is 11.3 Å². The van der Waals surface area contributed by atoms with Crippen LogP contribution >= 0.6 is 23.2 Å². The zero-order chi connectivity index (χ0) is 23.4. The van der Waals surface area contributed by atoms with Gasteiger partial charge in [0.2, 0.25) is 0 Å². The van der Waals surface area contributed by atoms with Crippen molar-refractivity contribution >= 4 is 29.0 Å². The summed E-state index contributed by atoms with van der Waals surface area (Å²) in [4.78, 5) is 11.4. The van der Waals surface area contributed by atoms with Crippen molar-refractivity contribution in [2.45, 2.75) is 57.4 Å². The van der Waals surface area contributed by atoms with Crippen molar-refractivity contribution in [3.8, 4) is 0 Å². The van der Waals surface area contributed by atoms with Crippen LogP contribution < -0.4 is 21.1 Å². The molecule has 182 valence electrons. The summed E-state index contributed by atoms with van der Waals surface area (Å²) in [5.41, 5.74) is 10.4. The van der Waals surface area contributed by atoms with Gasteiger partial charge in [-0.05, 0) is 50.7 Å². The van der Waals surface area contributed by atoms with Gasteiger partial charge in [0.25, 0.3) is 0 Å². The van der Waals surface area contributed by atoms with Crippen LogP contribution in [0, 0.1) is 18.3 Å². The Hall–Kier alpha value is -1.48. The van der Waals surface area contributed by atoms with E-state index in [9.17, 15) is 0 Å². The van der Waals surface area contributed by atoms with Crippen molar-refractivity contribution in [2.75, 3.05) is 31.1 Å². The summed E-state index contributed by atoms with van der Waals surface area (Å²) in [6, 6.07) is 5.08. The molecular weight excluding hydrogens is 471 g/mol. The second-order valence-corrected chi connectivity index (χ2v) is 11.4. The van der Waals surface area contributed by atoms with Crippen molar-refractivity contribution < 1.29 is 4.74 Å². The molecule has 2 aromatic heterocycles. The van der Waals surface area contributed by atoms with Crippen LogP contribution in [0.25, 0.3) is 0 Å². The van der Waals surface area contributed by atoms with E-state index in [1.807, 2.05) is 20.0 Å². The van der Waals surface area contributed by atoms with E-state index in [1.54, 1.807) is 6.20 Å². The van der Waals surface area contributed by atoms with Crippen LogP contribution in [0.15, 0.2) is 24.5 Å². The Labute approximate surface area is 210 Å². The lowest BCUT2D eigenvalue weighted by molar-refractivity contribution is -0.0370. The predicted octanol–water partition coefficient (Wildman–Crippen LogP) is 3.97. The van der Waals surface area contributed by atoms with Gasteiger partial charge in [-0.15, -0.1) is 0 Å². The van der Waals surface area contributed by atoms with Gasteiger partial charge in [-0.3, -0.25) is 10.4 Å². The number of pyridine rings is 2. The number of ether oxygens (including phenoxy) is 1. The number of halogens is 2. The average molecular weight is 503 g/mol. The number of aryl methyl sites for hydroxylation is 1. The molecule has 0 amide bonds. The molecule has 3 N–H and O–H groups in total. The van der Waals surface area contributed by atoms with Gasteiger partial charge in [0.15, 0.2) is 0 Å². The van der Waals surface area contributed by atoms with Crippen LogP contribution in [0.3, 0.4) is 0 Å². The molecule has 1 spiro atoms. The molecule has 0 aromatic carbocycles. The molecule has 3 aliphatic heterocycles. The van der Waals surface area contributed by atoms with E-state index in [1.165, 1.54) is 5.56 Å². The highest BCUT2D eigenvalue weighted by molar-refractivity contribution is 6.36. The van der Waals surface area contributed by atoms with E-state index >= 15 is 0 Å². The number of fused-ring (bicyclic) bond motifs is 1. The third-order valence-electron chi connectivity index (χ3n) is 8.20. The number of aromatic nitrogens is 2. The van der Waals surface area contributed by atoms with E-state index in [4.69, 9.17) is 32.9 Å². The molecular formula is C25H32Cl2N6O. The molecule has 4 fully saturated rings. The molecule has 0 radical (unpaired) electrons. The van der Waals surface area contributed by atoms with Crippen molar-refractivity contribution in [1.82, 2.24) is 26.1 Å². The van der Waals surface area contributed by atoms with Crippen LogP contribution in [-0.4, -0.2) is 48.3 Å². The van der Waals surface area contributed by atoms with Gasteiger partial charge in [0.05, 0.1) is 34.0 Å². The van der Waals surface area contributed by atoms with E-state index < -0.39 is 0 Å². The Kier molecular flexibility index (Phi) is 5.99. The summed E-state index contributed by atoms with van der Waals surface area (Å²) in [6.07, 6.45) is 6.73. The van der Waals surface area contributed by atoms with Crippen LogP contribution in [0.4, 0.5) is 5.82 Å². The van der Waals surface area contributed by atoms with Crippen molar-refractivity contribution in [3.63, 3.8) is 0 Å².